The van der Waals surface area contributed by atoms with E-state index >= 15 is 0 Å². The third-order valence-electron chi connectivity index (χ3n) is 2.52. The van der Waals surface area contributed by atoms with Crippen LogP contribution in [0.4, 0.5) is 5.69 Å². The maximum absolute atomic E-state index is 10.9. The molecule has 0 radical (unpaired) electrons. The Labute approximate surface area is 110 Å². The van der Waals surface area contributed by atoms with E-state index in [1.165, 1.54) is 18.5 Å². The second-order valence-electron chi connectivity index (χ2n) is 3.84. The van der Waals surface area contributed by atoms with Gasteiger partial charge in [-0.15, -0.1) is 0 Å². The van der Waals surface area contributed by atoms with Gasteiger partial charge < -0.3 is 10.1 Å². The molecule has 0 unspecified atom stereocenters. The zero-order valence-corrected chi connectivity index (χ0v) is 10.4. The van der Waals surface area contributed by atoms with E-state index in [0.717, 1.165) is 5.56 Å². The fraction of sp³-hybridized carbons (Fsp3) is 0.154. The summed E-state index contributed by atoms with van der Waals surface area (Å²) in [5.41, 5.74) is 0.776. The lowest BCUT2D eigenvalue weighted by Gasteiger charge is -2.10. The molecule has 0 spiro atoms. The lowest BCUT2D eigenvalue weighted by molar-refractivity contribution is -0.386. The van der Waals surface area contributed by atoms with Crippen molar-refractivity contribution in [2.24, 2.45) is 0 Å². The Kier molecular flexibility index (Phi) is 4.04. The number of benzene rings is 1. The smallest absolute Gasteiger partial charge is 0.329 e. The molecule has 0 saturated carbocycles. The SMILES string of the molecule is CNCc1ccccc1Oc1ccncc1[N+](=O)[O-]. The molecule has 0 fully saturated rings. The second kappa shape index (κ2) is 5.92. The van der Waals surface area contributed by atoms with Gasteiger partial charge in [-0.2, -0.15) is 0 Å². The molecule has 2 rings (SSSR count). The summed E-state index contributed by atoms with van der Waals surface area (Å²) in [7, 11) is 1.83. The molecular weight excluding hydrogens is 246 g/mol. The summed E-state index contributed by atoms with van der Waals surface area (Å²) in [5, 5.41) is 13.9. The summed E-state index contributed by atoms with van der Waals surface area (Å²) in [6.07, 6.45) is 2.64. The fourth-order valence-corrected chi connectivity index (χ4v) is 1.66. The first-order valence-corrected chi connectivity index (χ1v) is 5.71. The molecule has 0 aliphatic rings. The number of aromatic nitrogens is 1. The van der Waals surface area contributed by atoms with Crippen LogP contribution >= 0.6 is 0 Å². The number of hydrogen-bond donors (Lipinski definition) is 1. The average Bonchev–Trinajstić information content (AvgIpc) is 2.42. The molecule has 2 aromatic rings. The molecule has 0 saturated heterocycles. The highest BCUT2D eigenvalue weighted by Crippen LogP contribution is 2.31. The van der Waals surface area contributed by atoms with Crippen molar-refractivity contribution in [3.05, 3.63) is 58.4 Å². The van der Waals surface area contributed by atoms with Gasteiger partial charge in [0.15, 0.2) is 0 Å². The first kappa shape index (κ1) is 13.0. The zero-order valence-electron chi connectivity index (χ0n) is 10.4. The van der Waals surface area contributed by atoms with Gasteiger partial charge >= 0.3 is 5.69 Å². The van der Waals surface area contributed by atoms with Crippen molar-refractivity contribution < 1.29 is 9.66 Å². The molecule has 1 aromatic carbocycles. The summed E-state index contributed by atoms with van der Waals surface area (Å²) < 4.78 is 5.63. The third kappa shape index (κ3) is 3.05. The summed E-state index contributed by atoms with van der Waals surface area (Å²) in [6, 6.07) is 8.87. The maximum Gasteiger partial charge on any atom is 0.329 e. The minimum Gasteiger partial charge on any atom is -0.450 e. The van der Waals surface area contributed by atoms with Crippen molar-refractivity contribution in [3.8, 4) is 11.5 Å². The minimum atomic E-state index is -0.511. The fourth-order valence-electron chi connectivity index (χ4n) is 1.66. The molecule has 0 bridgehead atoms. The third-order valence-corrected chi connectivity index (χ3v) is 2.52. The van der Waals surface area contributed by atoms with Gasteiger partial charge in [-0.25, -0.2) is 0 Å². The monoisotopic (exact) mass is 259 g/mol. The van der Waals surface area contributed by atoms with Gasteiger partial charge in [0.2, 0.25) is 5.75 Å². The molecule has 0 aliphatic carbocycles. The predicted octanol–water partition coefficient (Wildman–Crippen LogP) is 2.50. The summed E-state index contributed by atoms with van der Waals surface area (Å²) in [4.78, 5) is 14.1. The van der Waals surface area contributed by atoms with Crippen molar-refractivity contribution in [2.45, 2.75) is 6.54 Å². The van der Waals surface area contributed by atoms with Crippen LogP contribution in [0.25, 0.3) is 0 Å². The lowest BCUT2D eigenvalue weighted by atomic mass is 10.2. The molecule has 0 aliphatic heterocycles. The van der Waals surface area contributed by atoms with Crippen LogP contribution in [0.5, 0.6) is 11.5 Å². The van der Waals surface area contributed by atoms with E-state index in [1.807, 2.05) is 25.2 Å². The summed E-state index contributed by atoms with van der Waals surface area (Å²) in [6.45, 7) is 0.620. The number of rotatable bonds is 5. The van der Waals surface area contributed by atoms with Crippen molar-refractivity contribution in [2.75, 3.05) is 7.05 Å². The molecule has 1 N–H and O–H groups in total. The van der Waals surface area contributed by atoms with Crippen molar-refractivity contribution in [3.63, 3.8) is 0 Å². The van der Waals surface area contributed by atoms with Gasteiger partial charge in [0, 0.05) is 24.4 Å². The Balaban J connectivity index is 2.34. The van der Waals surface area contributed by atoms with Gasteiger partial charge in [-0.1, -0.05) is 18.2 Å². The van der Waals surface area contributed by atoms with Crippen LogP contribution in [-0.4, -0.2) is 17.0 Å². The van der Waals surface area contributed by atoms with E-state index < -0.39 is 4.92 Å². The molecular formula is C13H13N3O3. The van der Waals surface area contributed by atoms with E-state index in [-0.39, 0.29) is 11.4 Å². The van der Waals surface area contributed by atoms with Crippen LogP contribution in [0.3, 0.4) is 0 Å². The highest BCUT2D eigenvalue weighted by Gasteiger charge is 2.16. The van der Waals surface area contributed by atoms with Gasteiger partial charge in [-0.05, 0) is 13.1 Å². The van der Waals surface area contributed by atoms with Crippen LogP contribution in [0.15, 0.2) is 42.7 Å². The van der Waals surface area contributed by atoms with Crippen LogP contribution in [0.1, 0.15) is 5.56 Å². The predicted molar refractivity (Wildman–Crippen MR) is 70.2 cm³/mol. The zero-order chi connectivity index (χ0) is 13.7. The topological polar surface area (TPSA) is 77.3 Å². The Hall–Kier alpha value is -2.47. The minimum absolute atomic E-state index is 0.151. The van der Waals surface area contributed by atoms with Crippen molar-refractivity contribution in [1.82, 2.24) is 10.3 Å². The summed E-state index contributed by atoms with van der Waals surface area (Å²) in [5.74, 6) is 0.773. The quantitative estimate of drug-likeness (QED) is 0.659. The van der Waals surface area contributed by atoms with E-state index in [0.29, 0.717) is 12.3 Å². The molecule has 0 atom stereocenters. The highest BCUT2D eigenvalue weighted by molar-refractivity contribution is 5.47. The Morgan fingerprint density at radius 1 is 1.32 bits per heavy atom. The number of para-hydroxylation sites is 1. The van der Waals surface area contributed by atoms with E-state index in [9.17, 15) is 10.1 Å². The van der Waals surface area contributed by atoms with Crippen molar-refractivity contribution >= 4 is 5.69 Å². The number of hydrogen-bond acceptors (Lipinski definition) is 5. The van der Waals surface area contributed by atoms with Crippen LogP contribution in [-0.2, 0) is 6.54 Å². The molecule has 19 heavy (non-hydrogen) atoms. The number of nitrogens with zero attached hydrogens (tertiary/aromatic N) is 2. The van der Waals surface area contributed by atoms with E-state index in [4.69, 9.17) is 4.74 Å². The normalized spacial score (nSPS) is 10.2. The molecule has 98 valence electrons. The molecule has 6 nitrogen and oxygen atoms in total. The van der Waals surface area contributed by atoms with Crippen LogP contribution in [0.2, 0.25) is 0 Å². The van der Waals surface area contributed by atoms with Gasteiger partial charge in [-0.3, -0.25) is 15.1 Å². The van der Waals surface area contributed by atoms with Crippen molar-refractivity contribution in [1.29, 1.82) is 0 Å². The highest BCUT2D eigenvalue weighted by atomic mass is 16.6. The van der Waals surface area contributed by atoms with E-state index in [1.54, 1.807) is 6.07 Å². The van der Waals surface area contributed by atoms with Gasteiger partial charge in [0.25, 0.3) is 0 Å². The molecule has 0 amide bonds. The molecule has 1 heterocycles. The first-order chi connectivity index (χ1) is 9.22. The first-order valence-electron chi connectivity index (χ1n) is 5.71. The molecule has 6 heteroatoms. The Bertz CT molecular complexity index is 587. The van der Waals surface area contributed by atoms with Gasteiger partial charge in [0.05, 0.1) is 4.92 Å². The largest absolute Gasteiger partial charge is 0.450 e. The van der Waals surface area contributed by atoms with E-state index in [2.05, 4.69) is 10.3 Å². The standard InChI is InChI=1S/C13H13N3O3/c1-14-8-10-4-2-3-5-12(10)19-13-6-7-15-9-11(13)16(17)18/h2-7,9,14H,8H2,1H3. The average molecular weight is 259 g/mol. The van der Waals surface area contributed by atoms with Crippen LogP contribution < -0.4 is 10.1 Å². The summed E-state index contributed by atoms with van der Waals surface area (Å²) >= 11 is 0. The van der Waals surface area contributed by atoms with Gasteiger partial charge in [0.1, 0.15) is 11.9 Å². The number of nitro groups is 1. The second-order valence-corrected chi connectivity index (χ2v) is 3.84. The number of ether oxygens (including phenoxy) is 1. The maximum atomic E-state index is 10.9. The number of pyridine rings is 1. The van der Waals surface area contributed by atoms with Crippen LogP contribution in [0, 0.1) is 10.1 Å². The Morgan fingerprint density at radius 3 is 2.84 bits per heavy atom. The number of nitrogens with one attached hydrogen (secondary N) is 1. The molecule has 1 aromatic heterocycles. The Morgan fingerprint density at radius 2 is 2.11 bits per heavy atom. The lowest BCUT2D eigenvalue weighted by Crippen LogP contribution is -2.06.